The Kier molecular flexibility index (Phi) is 5.43. The lowest BCUT2D eigenvalue weighted by atomic mass is 10.2. The Bertz CT molecular complexity index is 579. The fourth-order valence-electron chi connectivity index (χ4n) is 2.91. The van der Waals surface area contributed by atoms with E-state index in [2.05, 4.69) is 18.7 Å². The monoisotopic (exact) mass is 331 g/mol. The van der Waals surface area contributed by atoms with E-state index in [0.717, 1.165) is 30.0 Å². The fourth-order valence-corrected chi connectivity index (χ4v) is 6.03. The molecule has 0 spiro atoms. The van der Waals surface area contributed by atoms with E-state index in [1.54, 1.807) is 10.4 Å². The third kappa shape index (κ3) is 3.32. The van der Waals surface area contributed by atoms with Gasteiger partial charge in [-0.25, -0.2) is 8.42 Å². The van der Waals surface area contributed by atoms with Crippen LogP contribution in [0.2, 0.25) is 0 Å². The Labute approximate surface area is 131 Å². The number of sulfonamides is 1. The molecule has 0 bridgehead atoms. The molecule has 21 heavy (non-hydrogen) atoms. The highest BCUT2D eigenvalue weighted by atomic mass is 32.2. The van der Waals surface area contributed by atoms with Gasteiger partial charge in [0.15, 0.2) is 0 Å². The first-order valence-corrected chi connectivity index (χ1v) is 9.73. The van der Waals surface area contributed by atoms with Crippen molar-refractivity contribution in [2.45, 2.75) is 44.0 Å². The maximum absolute atomic E-state index is 12.7. The van der Waals surface area contributed by atoms with Gasteiger partial charge in [0.1, 0.15) is 4.21 Å². The molecule has 2 N–H and O–H groups in total. The summed E-state index contributed by atoms with van der Waals surface area (Å²) in [6.07, 6.45) is 0.912. The van der Waals surface area contributed by atoms with E-state index in [1.807, 2.05) is 6.92 Å². The number of likely N-dealkylation sites (N-methyl/N-ethyl adjacent to an activating group) is 1. The maximum Gasteiger partial charge on any atom is 0.252 e. The third-order valence-electron chi connectivity index (χ3n) is 4.23. The van der Waals surface area contributed by atoms with Crippen LogP contribution in [0.3, 0.4) is 0 Å². The van der Waals surface area contributed by atoms with Crippen LogP contribution in [-0.2, 0) is 16.6 Å². The van der Waals surface area contributed by atoms with Crippen molar-refractivity contribution in [2.24, 2.45) is 5.73 Å². The molecule has 0 aliphatic carbocycles. The highest BCUT2D eigenvalue weighted by Gasteiger charge is 2.35. The van der Waals surface area contributed by atoms with Gasteiger partial charge in [-0.3, -0.25) is 4.90 Å². The lowest BCUT2D eigenvalue weighted by Crippen LogP contribution is -2.38. The number of nitrogens with zero attached hydrogens (tertiary/aromatic N) is 2. The maximum atomic E-state index is 12.7. The van der Waals surface area contributed by atoms with E-state index in [0.29, 0.717) is 29.9 Å². The molecular weight excluding hydrogens is 306 g/mol. The number of hydrogen-bond donors (Lipinski definition) is 1. The van der Waals surface area contributed by atoms with E-state index in [1.165, 1.54) is 11.3 Å². The largest absolute Gasteiger partial charge is 0.326 e. The Morgan fingerprint density at radius 3 is 2.62 bits per heavy atom. The Hall–Kier alpha value is -0.470. The molecule has 1 fully saturated rings. The van der Waals surface area contributed by atoms with Crippen molar-refractivity contribution in [3.8, 4) is 0 Å². The fraction of sp³-hybridized carbons (Fsp3) is 0.714. The molecule has 5 nitrogen and oxygen atoms in total. The number of aryl methyl sites for hydroxylation is 1. The molecule has 1 aliphatic heterocycles. The van der Waals surface area contributed by atoms with Gasteiger partial charge in [-0.1, -0.05) is 13.8 Å². The first-order valence-electron chi connectivity index (χ1n) is 7.47. The van der Waals surface area contributed by atoms with Gasteiger partial charge in [0, 0.05) is 30.6 Å². The van der Waals surface area contributed by atoms with Crippen LogP contribution in [0.25, 0.3) is 0 Å². The van der Waals surface area contributed by atoms with E-state index < -0.39 is 10.0 Å². The SMILES string of the molecule is CCN(CC)C1CCN(S(=O)(=O)c2cc(C)c(CN)s2)C1. The van der Waals surface area contributed by atoms with Crippen molar-refractivity contribution >= 4 is 21.4 Å². The minimum atomic E-state index is -3.36. The van der Waals surface area contributed by atoms with Gasteiger partial charge < -0.3 is 5.73 Å². The van der Waals surface area contributed by atoms with E-state index in [4.69, 9.17) is 5.73 Å². The highest BCUT2D eigenvalue weighted by Crippen LogP contribution is 2.30. The summed E-state index contributed by atoms with van der Waals surface area (Å²) in [6.45, 7) is 9.69. The van der Waals surface area contributed by atoms with Crippen LogP contribution in [0.15, 0.2) is 10.3 Å². The third-order valence-corrected chi connectivity index (χ3v) is 7.81. The van der Waals surface area contributed by atoms with E-state index in [-0.39, 0.29) is 0 Å². The van der Waals surface area contributed by atoms with Crippen LogP contribution >= 0.6 is 11.3 Å². The van der Waals surface area contributed by atoms with E-state index >= 15 is 0 Å². The summed E-state index contributed by atoms with van der Waals surface area (Å²) in [6, 6.07) is 2.09. The number of rotatable bonds is 6. The van der Waals surface area contributed by atoms with Gasteiger partial charge in [-0.2, -0.15) is 4.31 Å². The summed E-state index contributed by atoms with van der Waals surface area (Å²) in [5.74, 6) is 0. The molecule has 2 heterocycles. The molecule has 0 amide bonds. The smallest absolute Gasteiger partial charge is 0.252 e. The minimum absolute atomic E-state index is 0.338. The van der Waals surface area contributed by atoms with E-state index in [9.17, 15) is 8.42 Å². The number of nitrogens with two attached hydrogens (primary N) is 1. The van der Waals surface area contributed by atoms with Gasteiger partial charge >= 0.3 is 0 Å². The minimum Gasteiger partial charge on any atom is -0.326 e. The molecular formula is C14H25N3O2S2. The molecule has 1 atom stereocenters. The number of thiophene rings is 1. The van der Waals surface area contributed by atoms with Crippen molar-refractivity contribution < 1.29 is 8.42 Å². The summed E-state index contributed by atoms with van der Waals surface area (Å²) in [5, 5.41) is 0. The lowest BCUT2D eigenvalue weighted by Gasteiger charge is -2.25. The van der Waals surface area contributed by atoms with Crippen LogP contribution in [0.4, 0.5) is 0 Å². The quantitative estimate of drug-likeness (QED) is 0.860. The van der Waals surface area contributed by atoms with Crippen molar-refractivity contribution in [3.63, 3.8) is 0 Å². The van der Waals surface area contributed by atoms with Gasteiger partial charge in [0.05, 0.1) is 0 Å². The van der Waals surface area contributed by atoms with Crippen LogP contribution in [0.1, 0.15) is 30.7 Å². The molecule has 0 radical (unpaired) electrons. The average Bonchev–Trinajstić information content (AvgIpc) is 3.07. The van der Waals surface area contributed by atoms with Crippen LogP contribution < -0.4 is 5.73 Å². The highest BCUT2D eigenvalue weighted by molar-refractivity contribution is 7.91. The lowest BCUT2D eigenvalue weighted by molar-refractivity contribution is 0.225. The molecule has 0 aromatic carbocycles. The number of hydrogen-bond acceptors (Lipinski definition) is 5. The van der Waals surface area contributed by atoms with Gasteiger partial charge in [-0.05, 0) is 38.1 Å². The zero-order valence-electron chi connectivity index (χ0n) is 13.0. The molecule has 0 saturated carbocycles. The average molecular weight is 332 g/mol. The molecule has 1 unspecified atom stereocenters. The topological polar surface area (TPSA) is 66.6 Å². The molecule has 1 saturated heterocycles. The summed E-state index contributed by atoms with van der Waals surface area (Å²) in [7, 11) is -3.36. The van der Waals surface area contributed by atoms with Crippen LogP contribution in [-0.4, -0.2) is 49.8 Å². The normalized spacial score (nSPS) is 20.5. The summed E-state index contributed by atoms with van der Waals surface area (Å²) in [4.78, 5) is 3.29. The predicted octanol–water partition coefficient (Wildman–Crippen LogP) is 1.62. The molecule has 1 aliphatic rings. The second-order valence-corrected chi connectivity index (χ2v) is 8.70. The standard InChI is InChI=1S/C14H25N3O2S2/c1-4-16(5-2)12-6-7-17(10-12)21(18,19)14-8-11(3)13(9-15)20-14/h8,12H,4-7,9-10,15H2,1-3H3. The zero-order chi connectivity index (χ0) is 15.6. The molecule has 1 aromatic heterocycles. The second kappa shape index (κ2) is 6.75. The Balaban J connectivity index is 2.17. The van der Waals surface area contributed by atoms with Crippen LogP contribution in [0, 0.1) is 6.92 Å². The van der Waals surface area contributed by atoms with Gasteiger partial charge in [-0.15, -0.1) is 11.3 Å². The predicted molar refractivity (Wildman–Crippen MR) is 87.0 cm³/mol. The van der Waals surface area contributed by atoms with Crippen molar-refractivity contribution in [1.29, 1.82) is 0 Å². The van der Waals surface area contributed by atoms with Crippen LogP contribution in [0.5, 0.6) is 0 Å². The molecule has 120 valence electrons. The van der Waals surface area contributed by atoms with Gasteiger partial charge in [0.2, 0.25) is 0 Å². The molecule has 1 aromatic rings. The van der Waals surface area contributed by atoms with Gasteiger partial charge in [0.25, 0.3) is 10.0 Å². The first kappa shape index (κ1) is 16.9. The summed E-state index contributed by atoms with van der Waals surface area (Å²) < 4.78 is 27.5. The summed E-state index contributed by atoms with van der Waals surface area (Å²) >= 11 is 1.31. The second-order valence-electron chi connectivity index (χ2n) is 5.40. The zero-order valence-corrected chi connectivity index (χ0v) is 14.6. The summed E-state index contributed by atoms with van der Waals surface area (Å²) in [5.41, 5.74) is 6.63. The first-order chi connectivity index (χ1) is 9.93. The molecule has 7 heteroatoms. The molecule has 2 rings (SSSR count). The Morgan fingerprint density at radius 1 is 1.43 bits per heavy atom. The van der Waals surface area contributed by atoms with Crippen molar-refractivity contribution in [3.05, 3.63) is 16.5 Å². The van der Waals surface area contributed by atoms with Crippen molar-refractivity contribution in [1.82, 2.24) is 9.21 Å². The Morgan fingerprint density at radius 2 is 2.10 bits per heavy atom. The van der Waals surface area contributed by atoms with Crippen molar-refractivity contribution in [2.75, 3.05) is 26.2 Å².